The molecule has 0 spiro atoms. The lowest BCUT2D eigenvalue weighted by Crippen LogP contribution is -2.18. The SMILES string of the molecule is COC(=O)CC(c1ccc2ncccc2c1)c1c(O)c2ccccc2oc1=O. The van der Waals surface area contributed by atoms with Crippen molar-refractivity contribution in [1.29, 1.82) is 0 Å². The first kappa shape index (κ1) is 17.7. The summed E-state index contributed by atoms with van der Waals surface area (Å²) in [5, 5.41) is 12.1. The van der Waals surface area contributed by atoms with Gasteiger partial charge in [-0.15, -0.1) is 0 Å². The maximum absolute atomic E-state index is 12.7. The highest BCUT2D eigenvalue weighted by Crippen LogP contribution is 2.36. The second-order valence-electron chi connectivity index (χ2n) is 6.44. The van der Waals surface area contributed by atoms with Gasteiger partial charge in [-0.2, -0.15) is 0 Å². The number of aromatic nitrogens is 1. The molecule has 0 bridgehead atoms. The van der Waals surface area contributed by atoms with Gasteiger partial charge in [-0.05, 0) is 35.9 Å². The number of hydrogen-bond acceptors (Lipinski definition) is 6. The van der Waals surface area contributed by atoms with Crippen molar-refractivity contribution in [3.63, 3.8) is 0 Å². The van der Waals surface area contributed by atoms with Crippen molar-refractivity contribution in [1.82, 2.24) is 4.98 Å². The Balaban J connectivity index is 1.95. The number of ether oxygens (including phenoxy) is 1. The van der Waals surface area contributed by atoms with E-state index in [0.717, 1.165) is 10.9 Å². The Morgan fingerprint density at radius 1 is 1.18 bits per heavy atom. The van der Waals surface area contributed by atoms with Crippen LogP contribution in [0.3, 0.4) is 0 Å². The van der Waals surface area contributed by atoms with E-state index >= 15 is 0 Å². The van der Waals surface area contributed by atoms with E-state index in [1.165, 1.54) is 7.11 Å². The molecule has 1 N–H and O–H groups in total. The molecule has 6 nitrogen and oxygen atoms in total. The molecule has 6 heteroatoms. The van der Waals surface area contributed by atoms with Gasteiger partial charge >= 0.3 is 11.6 Å². The van der Waals surface area contributed by atoms with E-state index in [0.29, 0.717) is 10.9 Å². The maximum Gasteiger partial charge on any atom is 0.343 e. The molecule has 140 valence electrons. The number of rotatable bonds is 4. The molecule has 4 rings (SSSR count). The molecule has 0 saturated carbocycles. The lowest BCUT2D eigenvalue weighted by Gasteiger charge is -2.18. The summed E-state index contributed by atoms with van der Waals surface area (Å²) >= 11 is 0. The van der Waals surface area contributed by atoms with Gasteiger partial charge in [-0.1, -0.05) is 24.3 Å². The van der Waals surface area contributed by atoms with Crippen LogP contribution in [0.1, 0.15) is 23.5 Å². The zero-order chi connectivity index (χ0) is 19.7. The number of hydrogen-bond donors (Lipinski definition) is 1. The minimum absolute atomic E-state index is 0.0346. The fraction of sp³-hybridized carbons (Fsp3) is 0.136. The summed E-state index contributed by atoms with van der Waals surface area (Å²) in [4.78, 5) is 29.1. The Morgan fingerprint density at radius 3 is 2.82 bits per heavy atom. The van der Waals surface area contributed by atoms with Crippen LogP contribution >= 0.6 is 0 Å². The van der Waals surface area contributed by atoms with Crippen LogP contribution in [0.4, 0.5) is 0 Å². The van der Waals surface area contributed by atoms with Gasteiger partial charge in [0.1, 0.15) is 11.3 Å². The molecule has 0 aliphatic carbocycles. The van der Waals surface area contributed by atoms with E-state index < -0.39 is 17.5 Å². The van der Waals surface area contributed by atoms with Crippen molar-refractivity contribution in [3.05, 3.63) is 82.3 Å². The summed E-state index contributed by atoms with van der Waals surface area (Å²) in [5.74, 6) is -1.41. The number of carbonyl (C=O) groups is 1. The van der Waals surface area contributed by atoms with E-state index in [1.807, 2.05) is 24.3 Å². The molecule has 0 amide bonds. The number of esters is 1. The molecule has 0 fully saturated rings. The summed E-state index contributed by atoms with van der Waals surface area (Å²) in [7, 11) is 1.28. The van der Waals surface area contributed by atoms with E-state index in [9.17, 15) is 14.7 Å². The number of fused-ring (bicyclic) bond motifs is 2. The number of aromatic hydroxyl groups is 1. The average Bonchev–Trinajstić information content (AvgIpc) is 2.72. The molecule has 2 aromatic carbocycles. The Hall–Kier alpha value is -3.67. The summed E-state index contributed by atoms with van der Waals surface area (Å²) in [6, 6.07) is 15.9. The van der Waals surface area contributed by atoms with Crippen molar-refractivity contribution in [2.24, 2.45) is 0 Å². The van der Waals surface area contributed by atoms with Crippen molar-refractivity contribution in [3.8, 4) is 5.75 Å². The fourth-order valence-electron chi connectivity index (χ4n) is 3.40. The highest BCUT2D eigenvalue weighted by molar-refractivity contribution is 5.85. The summed E-state index contributed by atoms with van der Waals surface area (Å²) < 4.78 is 10.2. The van der Waals surface area contributed by atoms with Crippen LogP contribution in [0.25, 0.3) is 21.9 Å². The van der Waals surface area contributed by atoms with Gasteiger partial charge in [0.2, 0.25) is 0 Å². The van der Waals surface area contributed by atoms with Crippen LogP contribution in [0.2, 0.25) is 0 Å². The van der Waals surface area contributed by atoms with Crippen molar-refractivity contribution >= 4 is 27.8 Å². The average molecular weight is 375 g/mol. The molecule has 4 aromatic rings. The molecule has 0 saturated heterocycles. The monoisotopic (exact) mass is 375 g/mol. The van der Waals surface area contributed by atoms with Gasteiger partial charge < -0.3 is 14.3 Å². The van der Waals surface area contributed by atoms with E-state index in [1.54, 1.807) is 36.5 Å². The summed E-state index contributed by atoms with van der Waals surface area (Å²) in [6.07, 6.45) is 1.58. The van der Waals surface area contributed by atoms with Gasteiger partial charge in [-0.3, -0.25) is 9.78 Å². The third kappa shape index (κ3) is 3.09. The van der Waals surface area contributed by atoms with Crippen LogP contribution in [0.15, 0.2) is 70.0 Å². The predicted molar refractivity (Wildman–Crippen MR) is 104 cm³/mol. The first-order valence-corrected chi connectivity index (χ1v) is 8.74. The number of pyridine rings is 1. The van der Waals surface area contributed by atoms with Crippen molar-refractivity contribution in [2.45, 2.75) is 12.3 Å². The summed E-state index contributed by atoms with van der Waals surface area (Å²) in [5.41, 5.74) is 1.11. The third-order valence-corrected chi connectivity index (χ3v) is 4.80. The number of methoxy groups -OCH3 is 1. The Bertz CT molecular complexity index is 1240. The highest BCUT2D eigenvalue weighted by Gasteiger charge is 2.27. The molecule has 0 radical (unpaired) electrons. The normalized spacial score (nSPS) is 12.2. The zero-order valence-electron chi connectivity index (χ0n) is 15.1. The first-order valence-electron chi connectivity index (χ1n) is 8.74. The second kappa shape index (κ2) is 7.15. The maximum atomic E-state index is 12.7. The first-order chi connectivity index (χ1) is 13.6. The summed E-state index contributed by atoms with van der Waals surface area (Å²) in [6.45, 7) is 0. The molecule has 0 aliphatic rings. The zero-order valence-corrected chi connectivity index (χ0v) is 15.1. The van der Waals surface area contributed by atoms with Gasteiger partial charge in [0, 0.05) is 17.5 Å². The van der Waals surface area contributed by atoms with E-state index in [2.05, 4.69) is 4.98 Å². The molecule has 1 atom stereocenters. The number of benzene rings is 2. The van der Waals surface area contributed by atoms with Gasteiger partial charge in [0.15, 0.2) is 0 Å². The van der Waals surface area contributed by atoms with Crippen LogP contribution in [0.5, 0.6) is 5.75 Å². The fourth-order valence-corrected chi connectivity index (χ4v) is 3.40. The van der Waals surface area contributed by atoms with Gasteiger partial charge in [0.25, 0.3) is 0 Å². The Morgan fingerprint density at radius 2 is 2.00 bits per heavy atom. The smallest absolute Gasteiger partial charge is 0.343 e. The van der Waals surface area contributed by atoms with Crippen molar-refractivity contribution < 1.29 is 19.1 Å². The highest BCUT2D eigenvalue weighted by atomic mass is 16.5. The molecule has 2 heterocycles. The third-order valence-electron chi connectivity index (χ3n) is 4.80. The van der Waals surface area contributed by atoms with Gasteiger partial charge in [0.05, 0.1) is 30.0 Å². The lowest BCUT2D eigenvalue weighted by molar-refractivity contribution is -0.140. The van der Waals surface area contributed by atoms with Crippen LogP contribution in [-0.4, -0.2) is 23.2 Å². The van der Waals surface area contributed by atoms with Crippen LogP contribution in [-0.2, 0) is 9.53 Å². The number of carbonyl (C=O) groups excluding carboxylic acids is 1. The number of para-hydroxylation sites is 1. The topological polar surface area (TPSA) is 89.6 Å². The molecule has 28 heavy (non-hydrogen) atoms. The lowest BCUT2D eigenvalue weighted by atomic mass is 9.87. The molecular formula is C22H17NO5. The van der Waals surface area contributed by atoms with Crippen molar-refractivity contribution in [2.75, 3.05) is 7.11 Å². The Labute approximate surface area is 160 Å². The van der Waals surface area contributed by atoms with Crippen LogP contribution in [0, 0.1) is 0 Å². The largest absolute Gasteiger partial charge is 0.507 e. The molecule has 2 aromatic heterocycles. The minimum atomic E-state index is -0.724. The molecule has 0 aliphatic heterocycles. The minimum Gasteiger partial charge on any atom is -0.507 e. The van der Waals surface area contributed by atoms with E-state index in [4.69, 9.17) is 9.15 Å². The van der Waals surface area contributed by atoms with Crippen LogP contribution < -0.4 is 5.63 Å². The molecule has 1 unspecified atom stereocenters. The van der Waals surface area contributed by atoms with Gasteiger partial charge in [-0.25, -0.2) is 4.79 Å². The number of nitrogens with zero attached hydrogens (tertiary/aromatic N) is 1. The standard InChI is InChI=1S/C22H17NO5/c1-27-19(24)12-16(13-8-9-17-14(11-13)5-4-10-23-17)20-21(25)15-6-2-3-7-18(15)28-22(20)26/h2-11,16,25H,12H2,1H3. The second-order valence-corrected chi connectivity index (χ2v) is 6.44. The molecular weight excluding hydrogens is 358 g/mol. The Kier molecular flexibility index (Phi) is 4.53. The quantitative estimate of drug-likeness (QED) is 0.432. The predicted octanol–water partition coefficient (Wildman–Crippen LogP) is 3.74. The van der Waals surface area contributed by atoms with E-state index in [-0.39, 0.29) is 23.3 Å².